The maximum atomic E-state index is 12.6. The van der Waals surface area contributed by atoms with Crippen molar-refractivity contribution in [3.63, 3.8) is 0 Å². The van der Waals surface area contributed by atoms with Gasteiger partial charge in [-0.05, 0) is 44.4 Å². The Hall–Kier alpha value is -0.810. The van der Waals surface area contributed by atoms with Crippen LogP contribution in [0.5, 0.6) is 0 Å². The van der Waals surface area contributed by atoms with E-state index in [1.54, 1.807) is 0 Å². The third-order valence-corrected chi connectivity index (χ3v) is 6.09. The van der Waals surface area contributed by atoms with Crippen LogP contribution in [0, 0.1) is 11.8 Å². The molecule has 24 heavy (non-hydrogen) atoms. The van der Waals surface area contributed by atoms with Gasteiger partial charge in [-0.3, -0.25) is 9.59 Å². The second-order valence-electron chi connectivity index (χ2n) is 7.54. The standard InChI is InChI=1S/C18H33N3O2.ClH/c1-4-18(5-2,12-19)20-17(23)14-10-16(22)21(11-14)15-8-6-13(3)7-9-15;/h13-15H,4-12,19H2,1-3H3,(H,20,23);1H. The fourth-order valence-electron chi connectivity index (χ4n) is 3.94. The van der Waals surface area contributed by atoms with Gasteiger partial charge in [0.15, 0.2) is 0 Å². The zero-order valence-corrected chi connectivity index (χ0v) is 16.2. The molecule has 1 atom stereocenters. The summed E-state index contributed by atoms with van der Waals surface area (Å²) in [5.74, 6) is 0.698. The smallest absolute Gasteiger partial charge is 0.225 e. The van der Waals surface area contributed by atoms with Crippen molar-refractivity contribution < 1.29 is 9.59 Å². The lowest BCUT2D eigenvalue weighted by molar-refractivity contribution is -0.131. The minimum atomic E-state index is -0.326. The molecule has 5 nitrogen and oxygen atoms in total. The van der Waals surface area contributed by atoms with E-state index in [0.717, 1.165) is 31.6 Å². The zero-order chi connectivity index (χ0) is 17.0. The first-order chi connectivity index (χ1) is 10.9. The van der Waals surface area contributed by atoms with Gasteiger partial charge in [0.2, 0.25) is 11.8 Å². The summed E-state index contributed by atoms with van der Waals surface area (Å²) in [6, 6.07) is 0.341. The number of amides is 2. The van der Waals surface area contributed by atoms with E-state index in [-0.39, 0.29) is 35.7 Å². The summed E-state index contributed by atoms with van der Waals surface area (Å²) in [7, 11) is 0. The predicted octanol–water partition coefficient (Wildman–Crippen LogP) is 2.47. The minimum Gasteiger partial charge on any atom is -0.349 e. The number of hydrogen-bond donors (Lipinski definition) is 2. The number of likely N-dealkylation sites (tertiary alicyclic amines) is 1. The van der Waals surface area contributed by atoms with Crippen molar-refractivity contribution in [2.24, 2.45) is 17.6 Å². The fourth-order valence-corrected chi connectivity index (χ4v) is 3.94. The molecule has 1 aliphatic heterocycles. The van der Waals surface area contributed by atoms with Gasteiger partial charge in [-0.2, -0.15) is 0 Å². The summed E-state index contributed by atoms with van der Waals surface area (Å²) in [5, 5.41) is 3.13. The Morgan fingerprint density at radius 2 is 1.83 bits per heavy atom. The summed E-state index contributed by atoms with van der Waals surface area (Å²) in [6.45, 7) is 7.40. The first-order valence-electron chi connectivity index (χ1n) is 9.26. The highest BCUT2D eigenvalue weighted by Gasteiger charge is 2.40. The van der Waals surface area contributed by atoms with Crippen LogP contribution < -0.4 is 11.1 Å². The van der Waals surface area contributed by atoms with Crippen LogP contribution in [0.25, 0.3) is 0 Å². The van der Waals surface area contributed by atoms with Gasteiger partial charge >= 0.3 is 0 Å². The molecule has 0 bridgehead atoms. The average molecular weight is 360 g/mol. The Morgan fingerprint density at radius 3 is 2.33 bits per heavy atom. The van der Waals surface area contributed by atoms with Crippen LogP contribution in [0.2, 0.25) is 0 Å². The number of nitrogens with one attached hydrogen (secondary N) is 1. The lowest BCUT2D eigenvalue weighted by atomic mass is 9.86. The molecule has 1 saturated heterocycles. The molecular weight excluding hydrogens is 326 g/mol. The Morgan fingerprint density at radius 1 is 1.25 bits per heavy atom. The molecule has 0 spiro atoms. The molecule has 2 aliphatic rings. The number of rotatable bonds is 6. The molecule has 0 radical (unpaired) electrons. The van der Waals surface area contributed by atoms with E-state index < -0.39 is 0 Å². The molecule has 1 unspecified atom stereocenters. The van der Waals surface area contributed by atoms with Gasteiger partial charge in [0.25, 0.3) is 0 Å². The predicted molar refractivity (Wildman–Crippen MR) is 99.0 cm³/mol. The van der Waals surface area contributed by atoms with E-state index >= 15 is 0 Å². The molecule has 2 rings (SSSR count). The van der Waals surface area contributed by atoms with Crippen molar-refractivity contribution >= 4 is 24.2 Å². The molecule has 0 aromatic rings. The Bertz CT molecular complexity index is 424. The molecular formula is C18H34ClN3O2. The van der Waals surface area contributed by atoms with Gasteiger partial charge in [-0.25, -0.2) is 0 Å². The van der Waals surface area contributed by atoms with Crippen molar-refractivity contribution in [1.29, 1.82) is 0 Å². The third-order valence-electron chi connectivity index (χ3n) is 6.09. The Balaban J connectivity index is 0.00000288. The fraction of sp³-hybridized carbons (Fsp3) is 0.889. The lowest BCUT2D eigenvalue weighted by Gasteiger charge is -2.34. The molecule has 1 saturated carbocycles. The Labute approximate surface area is 152 Å². The highest BCUT2D eigenvalue weighted by molar-refractivity contribution is 5.89. The van der Waals surface area contributed by atoms with Gasteiger partial charge in [0.05, 0.1) is 11.5 Å². The molecule has 0 aromatic heterocycles. The molecule has 1 heterocycles. The molecule has 6 heteroatoms. The number of halogens is 1. The van der Waals surface area contributed by atoms with Crippen molar-refractivity contribution in [3.05, 3.63) is 0 Å². The monoisotopic (exact) mass is 359 g/mol. The van der Waals surface area contributed by atoms with Crippen molar-refractivity contribution in [2.45, 2.75) is 77.3 Å². The largest absolute Gasteiger partial charge is 0.349 e. The lowest BCUT2D eigenvalue weighted by Crippen LogP contribution is -2.54. The van der Waals surface area contributed by atoms with E-state index in [1.807, 2.05) is 18.7 Å². The summed E-state index contributed by atoms with van der Waals surface area (Å²) in [6.07, 6.45) is 6.52. The van der Waals surface area contributed by atoms with E-state index in [0.29, 0.717) is 25.6 Å². The van der Waals surface area contributed by atoms with Gasteiger partial charge in [0.1, 0.15) is 0 Å². The van der Waals surface area contributed by atoms with Crippen LogP contribution in [0.15, 0.2) is 0 Å². The first kappa shape index (κ1) is 21.2. The van der Waals surface area contributed by atoms with Crippen molar-refractivity contribution in [2.75, 3.05) is 13.1 Å². The molecule has 140 valence electrons. The molecule has 2 fully saturated rings. The van der Waals surface area contributed by atoms with Gasteiger partial charge in [-0.15, -0.1) is 12.4 Å². The first-order valence-corrected chi connectivity index (χ1v) is 9.26. The highest BCUT2D eigenvalue weighted by atomic mass is 35.5. The third kappa shape index (κ3) is 4.63. The Kier molecular flexibility index (Phi) is 8.00. The van der Waals surface area contributed by atoms with Crippen LogP contribution in [0.1, 0.15) is 65.7 Å². The average Bonchev–Trinajstić information content (AvgIpc) is 2.95. The van der Waals surface area contributed by atoms with Crippen LogP contribution in [0.3, 0.4) is 0 Å². The molecule has 0 aromatic carbocycles. The topological polar surface area (TPSA) is 75.4 Å². The normalized spacial score (nSPS) is 27.8. The van der Waals surface area contributed by atoms with Crippen molar-refractivity contribution in [1.82, 2.24) is 10.2 Å². The number of carbonyl (C=O) groups is 2. The van der Waals surface area contributed by atoms with Gasteiger partial charge in [-0.1, -0.05) is 20.8 Å². The summed E-state index contributed by atoms with van der Waals surface area (Å²) < 4.78 is 0. The van der Waals surface area contributed by atoms with Crippen LogP contribution in [0.4, 0.5) is 0 Å². The van der Waals surface area contributed by atoms with E-state index in [2.05, 4.69) is 12.2 Å². The summed E-state index contributed by atoms with van der Waals surface area (Å²) in [5.41, 5.74) is 5.54. The molecule has 3 N–H and O–H groups in total. The summed E-state index contributed by atoms with van der Waals surface area (Å²) >= 11 is 0. The van der Waals surface area contributed by atoms with E-state index in [9.17, 15) is 9.59 Å². The number of nitrogens with zero attached hydrogens (tertiary/aromatic N) is 1. The summed E-state index contributed by atoms with van der Waals surface area (Å²) in [4.78, 5) is 27.0. The van der Waals surface area contributed by atoms with Gasteiger partial charge in [0, 0.05) is 25.6 Å². The van der Waals surface area contributed by atoms with E-state index in [4.69, 9.17) is 5.73 Å². The quantitative estimate of drug-likeness (QED) is 0.764. The SMILES string of the molecule is CCC(CC)(CN)NC(=O)C1CC(=O)N(C2CCC(C)CC2)C1.Cl. The van der Waals surface area contributed by atoms with Crippen LogP contribution >= 0.6 is 12.4 Å². The van der Waals surface area contributed by atoms with Crippen LogP contribution in [-0.4, -0.2) is 41.4 Å². The number of carbonyl (C=O) groups excluding carboxylic acids is 2. The maximum absolute atomic E-state index is 12.6. The minimum absolute atomic E-state index is 0. The maximum Gasteiger partial charge on any atom is 0.225 e. The number of nitrogens with two attached hydrogens (primary N) is 1. The highest BCUT2D eigenvalue weighted by Crippen LogP contribution is 2.31. The van der Waals surface area contributed by atoms with Gasteiger partial charge < -0.3 is 16.0 Å². The zero-order valence-electron chi connectivity index (χ0n) is 15.3. The van der Waals surface area contributed by atoms with Crippen molar-refractivity contribution in [3.8, 4) is 0 Å². The molecule has 2 amide bonds. The second kappa shape index (κ2) is 9.04. The number of hydrogen-bond acceptors (Lipinski definition) is 3. The van der Waals surface area contributed by atoms with Crippen LogP contribution in [-0.2, 0) is 9.59 Å². The second-order valence-corrected chi connectivity index (χ2v) is 7.54. The molecule has 1 aliphatic carbocycles. The van der Waals surface area contributed by atoms with E-state index in [1.165, 1.54) is 12.8 Å².